The lowest BCUT2D eigenvalue weighted by Gasteiger charge is -2.36. The van der Waals surface area contributed by atoms with Gasteiger partial charge in [0.2, 0.25) is 0 Å². The molecule has 5 rings (SSSR count). The topological polar surface area (TPSA) is 54.3 Å². The number of hydrogen-bond acceptors (Lipinski definition) is 4. The Labute approximate surface area is 189 Å². The van der Waals surface area contributed by atoms with Crippen LogP contribution < -0.4 is 4.90 Å². The smallest absolute Gasteiger partial charge is 0.254 e. The predicted octanol–water partition coefficient (Wildman–Crippen LogP) is 4.48. The molecule has 0 aliphatic carbocycles. The number of amides is 1. The zero-order valence-electron chi connectivity index (χ0n) is 17.5. The Morgan fingerprint density at radius 2 is 1.81 bits per heavy atom. The molecular formula is C24H21ClFN5O. The van der Waals surface area contributed by atoms with Crippen LogP contribution in [0.5, 0.6) is 0 Å². The van der Waals surface area contributed by atoms with Gasteiger partial charge in [0.1, 0.15) is 11.5 Å². The maximum absolute atomic E-state index is 14.4. The summed E-state index contributed by atoms with van der Waals surface area (Å²) in [5.41, 5.74) is 3.03. The van der Waals surface area contributed by atoms with Gasteiger partial charge in [0.05, 0.1) is 17.1 Å². The van der Waals surface area contributed by atoms with Gasteiger partial charge < -0.3 is 9.80 Å². The van der Waals surface area contributed by atoms with Gasteiger partial charge in [0.25, 0.3) is 5.91 Å². The molecule has 1 saturated heterocycles. The Hall–Kier alpha value is -3.45. The number of fused-ring (bicyclic) bond motifs is 1. The molecular weight excluding hydrogens is 429 g/mol. The van der Waals surface area contributed by atoms with Crippen molar-refractivity contribution in [2.75, 3.05) is 31.1 Å². The first-order valence-corrected chi connectivity index (χ1v) is 10.8. The highest BCUT2D eigenvalue weighted by molar-refractivity contribution is 6.30. The largest absolute Gasteiger partial charge is 0.368 e. The number of carbonyl (C=O) groups is 1. The standard InChI is InChI=1S/C24H21ClFN5O/c1-16-13-19(20-15-27-31(23(20)28-16)22-8-3-2-7-21(22)26)24(32)30-11-9-29(10-12-30)18-6-4-5-17(25)14-18/h2-8,13-15H,9-12H2,1H3. The molecule has 6 nitrogen and oxygen atoms in total. The van der Waals surface area contributed by atoms with E-state index in [1.54, 1.807) is 30.5 Å². The lowest BCUT2D eigenvalue weighted by molar-refractivity contribution is 0.0748. The van der Waals surface area contributed by atoms with Crippen LogP contribution >= 0.6 is 11.6 Å². The van der Waals surface area contributed by atoms with Crippen molar-refractivity contribution in [3.05, 3.63) is 82.9 Å². The van der Waals surface area contributed by atoms with Crippen molar-refractivity contribution < 1.29 is 9.18 Å². The fourth-order valence-electron chi connectivity index (χ4n) is 4.11. The van der Waals surface area contributed by atoms with Gasteiger partial charge >= 0.3 is 0 Å². The van der Waals surface area contributed by atoms with E-state index in [0.29, 0.717) is 59.2 Å². The van der Waals surface area contributed by atoms with E-state index in [1.165, 1.54) is 10.7 Å². The van der Waals surface area contributed by atoms with E-state index >= 15 is 0 Å². The summed E-state index contributed by atoms with van der Waals surface area (Å²) >= 11 is 6.12. The summed E-state index contributed by atoms with van der Waals surface area (Å²) in [5.74, 6) is -0.467. The average molecular weight is 450 g/mol. The average Bonchev–Trinajstić information content (AvgIpc) is 3.22. The SMILES string of the molecule is Cc1cc(C(=O)N2CCN(c3cccc(Cl)c3)CC2)c2cnn(-c3ccccc3F)c2n1. The number of pyridine rings is 1. The van der Waals surface area contributed by atoms with Crippen LogP contribution in [-0.2, 0) is 0 Å². The van der Waals surface area contributed by atoms with Gasteiger partial charge in [0, 0.05) is 42.6 Å². The summed E-state index contributed by atoms with van der Waals surface area (Å²) in [6.45, 7) is 4.44. The maximum atomic E-state index is 14.4. The molecule has 0 spiro atoms. The molecule has 3 heterocycles. The number of rotatable bonds is 3. The number of aromatic nitrogens is 3. The molecule has 8 heteroatoms. The van der Waals surface area contributed by atoms with Crippen LogP contribution in [0.2, 0.25) is 5.02 Å². The zero-order chi connectivity index (χ0) is 22.2. The molecule has 0 unspecified atom stereocenters. The van der Waals surface area contributed by atoms with Gasteiger partial charge in [-0.25, -0.2) is 14.1 Å². The Morgan fingerprint density at radius 1 is 1.03 bits per heavy atom. The van der Waals surface area contributed by atoms with E-state index < -0.39 is 5.82 Å². The van der Waals surface area contributed by atoms with Crippen molar-refractivity contribution in [2.45, 2.75) is 6.92 Å². The summed E-state index contributed by atoms with van der Waals surface area (Å²) in [7, 11) is 0. The number of carbonyl (C=O) groups excluding carboxylic acids is 1. The Kier molecular flexibility index (Phi) is 5.27. The third-order valence-corrected chi connectivity index (χ3v) is 5.96. The molecule has 0 radical (unpaired) electrons. The summed E-state index contributed by atoms with van der Waals surface area (Å²) in [5, 5.41) is 5.65. The Balaban J connectivity index is 1.43. The molecule has 1 amide bonds. The predicted molar refractivity (Wildman–Crippen MR) is 123 cm³/mol. The van der Waals surface area contributed by atoms with E-state index in [1.807, 2.05) is 36.1 Å². The molecule has 2 aromatic heterocycles. The minimum atomic E-state index is -0.397. The fraction of sp³-hybridized carbons (Fsp3) is 0.208. The first-order chi connectivity index (χ1) is 15.5. The summed E-state index contributed by atoms with van der Waals surface area (Å²) in [6, 6.07) is 15.9. The second-order valence-corrected chi connectivity index (χ2v) is 8.25. The van der Waals surface area contributed by atoms with E-state index in [-0.39, 0.29) is 5.91 Å². The van der Waals surface area contributed by atoms with Gasteiger partial charge in [-0.05, 0) is 43.3 Å². The van der Waals surface area contributed by atoms with Crippen LogP contribution in [0.25, 0.3) is 16.7 Å². The molecule has 162 valence electrons. The number of hydrogen-bond donors (Lipinski definition) is 0. The number of anilines is 1. The van der Waals surface area contributed by atoms with Crippen molar-refractivity contribution in [3.8, 4) is 5.69 Å². The van der Waals surface area contributed by atoms with E-state index in [9.17, 15) is 9.18 Å². The van der Waals surface area contributed by atoms with Crippen LogP contribution in [0.1, 0.15) is 16.1 Å². The highest BCUT2D eigenvalue weighted by Gasteiger charge is 2.25. The second kappa shape index (κ2) is 8.24. The van der Waals surface area contributed by atoms with Gasteiger partial charge in [-0.15, -0.1) is 0 Å². The maximum Gasteiger partial charge on any atom is 0.254 e. The van der Waals surface area contributed by atoms with Gasteiger partial charge in [0.15, 0.2) is 5.65 Å². The van der Waals surface area contributed by atoms with Crippen molar-refractivity contribution in [1.82, 2.24) is 19.7 Å². The lowest BCUT2D eigenvalue weighted by Crippen LogP contribution is -2.48. The minimum Gasteiger partial charge on any atom is -0.368 e. The van der Waals surface area contributed by atoms with Crippen LogP contribution in [0, 0.1) is 12.7 Å². The highest BCUT2D eigenvalue weighted by Crippen LogP contribution is 2.25. The molecule has 2 aromatic carbocycles. The molecule has 4 aromatic rings. The monoisotopic (exact) mass is 449 g/mol. The molecule has 1 aliphatic rings. The van der Waals surface area contributed by atoms with Crippen LogP contribution in [-0.4, -0.2) is 51.8 Å². The molecule has 0 saturated carbocycles. The van der Waals surface area contributed by atoms with E-state index in [4.69, 9.17) is 11.6 Å². The Bertz CT molecular complexity index is 1310. The van der Waals surface area contributed by atoms with Crippen molar-refractivity contribution in [1.29, 1.82) is 0 Å². The van der Waals surface area contributed by atoms with Gasteiger partial charge in [-0.1, -0.05) is 29.8 Å². The summed E-state index contributed by atoms with van der Waals surface area (Å²) in [6.07, 6.45) is 1.59. The van der Waals surface area contributed by atoms with E-state index in [0.717, 1.165) is 5.69 Å². The van der Waals surface area contributed by atoms with Crippen molar-refractivity contribution >= 4 is 34.2 Å². The lowest BCUT2D eigenvalue weighted by atomic mass is 10.1. The number of aryl methyl sites for hydroxylation is 1. The fourth-order valence-corrected chi connectivity index (χ4v) is 4.30. The highest BCUT2D eigenvalue weighted by atomic mass is 35.5. The summed E-state index contributed by atoms with van der Waals surface area (Å²) in [4.78, 5) is 22.0. The number of para-hydroxylation sites is 1. The first kappa shape index (κ1) is 20.5. The Morgan fingerprint density at radius 3 is 2.56 bits per heavy atom. The van der Waals surface area contributed by atoms with Gasteiger partial charge in [-0.2, -0.15) is 5.10 Å². The van der Waals surface area contributed by atoms with Crippen LogP contribution in [0.4, 0.5) is 10.1 Å². The zero-order valence-corrected chi connectivity index (χ0v) is 18.3. The van der Waals surface area contributed by atoms with Crippen molar-refractivity contribution in [2.24, 2.45) is 0 Å². The van der Waals surface area contributed by atoms with Gasteiger partial charge in [-0.3, -0.25) is 4.79 Å². The molecule has 0 atom stereocenters. The quantitative estimate of drug-likeness (QED) is 0.462. The number of nitrogens with zero attached hydrogens (tertiary/aromatic N) is 5. The first-order valence-electron chi connectivity index (χ1n) is 10.4. The number of halogens is 2. The van der Waals surface area contributed by atoms with Crippen molar-refractivity contribution in [3.63, 3.8) is 0 Å². The number of piperazine rings is 1. The van der Waals surface area contributed by atoms with Crippen LogP contribution in [0.15, 0.2) is 60.8 Å². The molecule has 0 N–H and O–H groups in total. The third-order valence-electron chi connectivity index (χ3n) is 5.72. The minimum absolute atomic E-state index is 0.0701. The van der Waals surface area contributed by atoms with E-state index in [2.05, 4.69) is 15.0 Å². The molecule has 0 bridgehead atoms. The summed E-state index contributed by atoms with van der Waals surface area (Å²) < 4.78 is 15.8. The normalized spacial score (nSPS) is 14.2. The molecule has 1 aliphatic heterocycles. The third kappa shape index (κ3) is 3.69. The molecule has 1 fully saturated rings. The van der Waals surface area contributed by atoms with Crippen LogP contribution in [0.3, 0.4) is 0 Å². The second-order valence-electron chi connectivity index (χ2n) is 7.82. The molecule has 32 heavy (non-hydrogen) atoms. The number of benzene rings is 2.